The fourth-order valence-corrected chi connectivity index (χ4v) is 3.89. The summed E-state index contributed by atoms with van der Waals surface area (Å²) >= 11 is 0. The second kappa shape index (κ2) is 6.60. The first-order chi connectivity index (χ1) is 13.7. The second-order valence-corrected chi connectivity index (χ2v) is 6.95. The van der Waals surface area contributed by atoms with Gasteiger partial charge in [0.15, 0.2) is 5.58 Å². The Morgan fingerprint density at radius 1 is 1.00 bits per heavy atom. The van der Waals surface area contributed by atoms with Gasteiger partial charge in [-0.3, -0.25) is 4.79 Å². The maximum atomic E-state index is 13.2. The summed E-state index contributed by atoms with van der Waals surface area (Å²) in [6.07, 6.45) is 1.31. The molecular weight excluding hydrogens is 355 g/mol. The van der Waals surface area contributed by atoms with E-state index in [4.69, 9.17) is 4.52 Å². The molecule has 2 heterocycles. The standard InChI is InChI=1S/C23H17FN2O2/c24-17-8-6-16(7-9-17)23-19-11-10-18(14-21(19)28-25-23)26-20(12-13-22(26)27)15-4-2-1-3-5-15/h1-11,14,20H,12-13H2. The van der Waals surface area contributed by atoms with Gasteiger partial charge < -0.3 is 9.42 Å². The van der Waals surface area contributed by atoms with E-state index in [2.05, 4.69) is 17.3 Å². The fourth-order valence-electron chi connectivity index (χ4n) is 3.89. The molecule has 0 bridgehead atoms. The van der Waals surface area contributed by atoms with E-state index in [1.165, 1.54) is 12.1 Å². The van der Waals surface area contributed by atoms with E-state index >= 15 is 0 Å². The Balaban J connectivity index is 1.54. The molecule has 5 heteroatoms. The number of benzene rings is 3. The lowest BCUT2D eigenvalue weighted by molar-refractivity contribution is -0.117. The summed E-state index contributed by atoms with van der Waals surface area (Å²) < 4.78 is 18.7. The largest absolute Gasteiger partial charge is 0.356 e. The quantitative estimate of drug-likeness (QED) is 0.477. The molecule has 0 aliphatic carbocycles. The minimum Gasteiger partial charge on any atom is -0.356 e. The van der Waals surface area contributed by atoms with Crippen LogP contribution in [0.25, 0.3) is 22.2 Å². The number of nitrogens with zero attached hydrogens (tertiary/aromatic N) is 2. The number of halogens is 1. The van der Waals surface area contributed by atoms with Gasteiger partial charge in [0, 0.05) is 29.1 Å². The zero-order chi connectivity index (χ0) is 19.1. The van der Waals surface area contributed by atoms with Crippen molar-refractivity contribution in [2.24, 2.45) is 0 Å². The minimum atomic E-state index is -0.293. The lowest BCUT2D eigenvalue weighted by atomic mass is 10.0. The Labute approximate surface area is 161 Å². The van der Waals surface area contributed by atoms with Crippen molar-refractivity contribution in [2.75, 3.05) is 4.90 Å². The number of fused-ring (bicyclic) bond motifs is 1. The van der Waals surface area contributed by atoms with Crippen LogP contribution in [0.1, 0.15) is 24.4 Å². The molecule has 0 N–H and O–H groups in total. The van der Waals surface area contributed by atoms with Crippen molar-refractivity contribution in [2.45, 2.75) is 18.9 Å². The third-order valence-corrected chi connectivity index (χ3v) is 5.25. The van der Waals surface area contributed by atoms with Crippen molar-refractivity contribution in [3.05, 3.63) is 84.2 Å². The second-order valence-electron chi connectivity index (χ2n) is 6.95. The molecule has 1 aromatic heterocycles. The number of anilines is 1. The summed E-state index contributed by atoms with van der Waals surface area (Å²) in [7, 11) is 0. The molecule has 1 aliphatic rings. The van der Waals surface area contributed by atoms with Crippen LogP contribution < -0.4 is 4.90 Å². The molecule has 4 aromatic rings. The highest BCUT2D eigenvalue weighted by Crippen LogP contribution is 2.39. The van der Waals surface area contributed by atoms with Crippen LogP contribution in [0.2, 0.25) is 0 Å². The number of hydrogen-bond acceptors (Lipinski definition) is 3. The summed E-state index contributed by atoms with van der Waals surface area (Å²) in [5.74, 6) is -0.190. The predicted molar refractivity (Wildman–Crippen MR) is 105 cm³/mol. The van der Waals surface area contributed by atoms with Crippen molar-refractivity contribution in [3.8, 4) is 11.3 Å². The number of rotatable bonds is 3. The van der Waals surface area contributed by atoms with Gasteiger partial charge >= 0.3 is 0 Å². The fraction of sp³-hybridized carbons (Fsp3) is 0.130. The predicted octanol–water partition coefficient (Wildman–Crippen LogP) is 5.50. The van der Waals surface area contributed by atoms with Gasteiger partial charge in [0.25, 0.3) is 0 Å². The topological polar surface area (TPSA) is 46.3 Å². The molecule has 1 atom stereocenters. The highest BCUT2D eigenvalue weighted by Gasteiger charge is 2.33. The first kappa shape index (κ1) is 16.7. The van der Waals surface area contributed by atoms with Crippen molar-refractivity contribution in [1.29, 1.82) is 0 Å². The summed E-state index contributed by atoms with van der Waals surface area (Å²) in [5, 5.41) is 4.99. The molecule has 5 rings (SSSR count). The van der Waals surface area contributed by atoms with Crippen LogP contribution in [0, 0.1) is 5.82 Å². The van der Waals surface area contributed by atoms with Gasteiger partial charge in [0.05, 0.1) is 6.04 Å². The van der Waals surface area contributed by atoms with Gasteiger partial charge in [-0.05, 0) is 48.4 Å². The maximum Gasteiger partial charge on any atom is 0.227 e. The first-order valence-electron chi connectivity index (χ1n) is 9.23. The molecule has 1 unspecified atom stereocenters. The Morgan fingerprint density at radius 2 is 1.79 bits per heavy atom. The van der Waals surface area contributed by atoms with Crippen LogP contribution >= 0.6 is 0 Å². The monoisotopic (exact) mass is 372 g/mol. The first-order valence-corrected chi connectivity index (χ1v) is 9.23. The minimum absolute atomic E-state index is 0.0191. The smallest absolute Gasteiger partial charge is 0.227 e. The number of aromatic nitrogens is 1. The van der Waals surface area contributed by atoms with Gasteiger partial charge in [-0.1, -0.05) is 35.5 Å². The summed E-state index contributed by atoms with van der Waals surface area (Å²) in [5.41, 5.74) is 3.97. The average molecular weight is 372 g/mol. The number of amides is 1. The Bertz CT molecular complexity index is 1150. The number of carbonyl (C=O) groups excluding carboxylic acids is 1. The lowest BCUT2D eigenvalue weighted by Crippen LogP contribution is -2.27. The molecule has 0 saturated carbocycles. The van der Waals surface area contributed by atoms with E-state index in [9.17, 15) is 9.18 Å². The number of carbonyl (C=O) groups is 1. The summed E-state index contributed by atoms with van der Waals surface area (Å²) in [6.45, 7) is 0. The molecule has 4 nitrogen and oxygen atoms in total. The number of hydrogen-bond donors (Lipinski definition) is 0. The van der Waals surface area contributed by atoms with Crippen molar-refractivity contribution < 1.29 is 13.7 Å². The van der Waals surface area contributed by atoms with Crippen LogP contribution in [-0.4, -0.2) is 11.1 Å². The van der Waals surface area contributed by atoms with Gasteiger partial charge in [-0.25, -0.2) is 4.39 Å². The van der Waals surface area contributed by atoms with Gasteiger partial charge in [0.1, 0.15) is 11.5 Å². The van der Waals surface area contributed by atoms with Crippen LogP contribution in [0.3, 0.4) is 0 Å². The van der Waals surface area contributed by atoms with E-state index in [-0.39, 0.29) is 17.8 Å². The third-order valence-electron chi connectivity index (χ3n) is 5.25. The lowest BCUT2D eigenvalue weighted by Gasteiger charge is -2.25. The van der Waals surface area contributed by atoms with Crippen molar-refractivity contribution >= 4 is 22.6 Å². The Morgan fingerprint density at radius 3 is 2.57 bits per heavy atom. The zero-order valence-electron chi connectivity index (χ0n) is 15.0. The molecule has 1 fully saturated rings. The van der Waals surface area contributed by atoms with Gasteiger partial charge in [-0.15, -0.1) is 0 Å². The van der Waals surface area contributed by atoms with Crippen LogP contribution in [0.5, 0.6) is 0 Å². The van der Waals surface area contributed by atoms with E-state index in [0.717, 1.165) is 28.6 Å². The average Bonchev–Trinajstić information content (AvgIpc) is 3.32. The van der Waals surface area contributed by atoms with E-state index in [1.54, 1.807) is 12.1 Å². The van der Waals surface area contributed by atoms with E-state index in [0.29, 0.717) is 17.7 Å². The van der Waals surface area contributed by atoms with E-state index in [1.807, 2.05) is 41.3 Å². The Hall–Kier alpha value is -3.47. The molecule has 1 amide bonds. The highest BCUT2D eigenvalue weighted by atomic mass is 19.1. The SMILES string of the molecule is O=C1CCC(c2ccccc2)N1c1ccc2c(-c3ccc(F)cc3)noc2c1. The summed E-state index contributed by atoms with van der Waals surface area (Å²) in [6, 6.07) is 21.9. The van der Waals surface area contributed by atoms with Crippen LogP contribution in [0.4, 0.5) is 10.1 Å². The summed E-state index contributed by atoms with van der Waals surface area (Å²) in [4.78, 5) is 14.4. The molecule has 3 aromatic carbocycles. The van der Waals surface area contributed by atoms with Crippen LogP contribution in [-0.2, 0) is 4.79 Å². The highest BCUT2D eigenvalue weighted by molar-refractivity contribution is 6.00. The molecule has 1 aliphatic heterocycles. The van der Waals surface area contributed by atoms with Gasteiger partial charge in [-0.2, -0.15) is 0 Å². The normalized spacial score (nSPS) is 16.8. The zero-order valence-corrected chi connectivity index (χ0v) is 15.0. The van der Waals surface area contributed by atoms with Crippen molar-refractivity contribution in [3.63, 3.8) is 0 Å². The molecule has 28 heavy (non-hydrogen) atoms. The Kier molecular flexibility index (Phi) is 3.93. The maximum absolute atomic E-state index is 13.2. The molecule has 0 radical (unpaired) electrons. The van der Waals surface area contributed by atoms with Gasteiger partial charge in [0.2, 0.25) is 5.91 Å². The molecule has 138 valence electrons. The van der Waals surface area contributed by atoms with Crippen molar-refractivity contribution in [1.82, 2.24) is 5.16 Å². The molecule has 0 spiro atoms. The molecular formula is C23H17FN2O2. The third kappa shape index (κ3) is 2.76. The van der Waals surface area contributed by atoms with E-state index < -0.39 is 0 Å². The molecule has 1 saturated heterocycles. The van der Waals surface area contributed by atoms with Crippen LogP contribution in [0.15, 0.2) is 77.3 Å².